The highest BCUT2D eigenvalue weighted by atomic mass is 19.1. The van der Waals surface area contributed by atoms with Crippen molar-refractivity contribution in [3.8, 4) is 0 Å². The van der Waals surface area contributed by atoms with E-state index >= 15 is 0 Å². The summed E-state index contributed by atoms with van der Waals surface area (Å²) in [5.74, 6) is -2.33. The van der Waals surface area contributed by atoms with E-state index in [4.69, 9.17) is 10.2 Å². The number of benzene rings is 1. The fourth-order valence-electron chi connectivity index (χ4n) is 1.23. The Kier molecular flexibility index (Phi) is 4.59. The van der Waals surface area contributed by atoms with Gasteiger partial charge in [0.05, 0.1) is 0 Å². The topological polar surface area (TPSA) is 86.6 Å². The van der Waals surface area contributed by atoms with Crippen molar-refractivity contribution < 1.29 is 24.2 Å². The van der Waals surface area contributed by atoms with Crippen molar-refractivity contribution >= 4 is 11.9 Å². The molecule has 0 bridgehead atoms. The number of hydrogen-bond acceptors (Lipinski definition) is 3. The molecular weight excluding hydrogens is 229 g/mol. The van der Waals surface area contributed by atoms with Crippen LogP contribution in [0.2, 0.25) is 0 Å². The Morgan fingerprint density at radius 1 is 1.29 bits per heavy atom. The van der Waals surface area contributed by atoms with Gasteiger partial charge in [-0.15, -0.1) is 0 Å². The predicted molar refractivity (Wildman–Crippen MR) is 57.0 cm³/mol. The third kappa shape index (κ3) is 3.84. The monoisotopic (exact) mass is 241 g/mol. The van der Waals surface area contributed by atoms with Crippen molar-refractivity contribution in [1.29, 1.82) is 0 Å². The van der Waals surface area contributed by atoms with Gasteiger partial charge in [0.25, 0.3) is 5.91 Å². The first kappa shape index (κ1) is 13.1. The van der Waals surface area contributed by atoms with Gasteiger partial charge in [-0.1, -0.05) is 0 Å². The van der Waals surface area contributed by atoms with Crippen molar-refractivity contribution in [3.05, 3.63) is 35.6 Å². The molecule has 17 heavy (non-hydrogen) atoms. The van der Waals surface area contributed by atoms with Gasteiger partial charge in [-0.3, -0.25) is 4.79 Å². The van der Waals surface area contributed by atoms with Gasteiger partial charge in [0.15, 0.2) is 0 Å². The number of hydrogen-bond donors (Lipinski definition) is 3. The van der Waals surface area contributed by atoms with Gasteiger partial charge in [-0.25, -0.2) is 9.18 Å². The third-order valence-electron chi connectivity index (χ3n) is 2.13. The number of carboxylic acids is 1. The Balaban J connectivity index is 2.70. The van der Waals surface area contributed by atoms with Crippen molar-refractivity contribution in [3.63, 3.8) is 0 Å². The molecule has 0 aliphatic heterocycles. The summed E-state index contributed by atoms with van der Waals surface area (Å²) in [5, 5.41) is 19.6. The fourth-order valence-corrected chi connectivity index (χ4v) is 1.23. The van der Waals surface area contributed by atoms with E-state index in [1.165, 1.54) is 12.1 Å². The van der Waals surface area contributed by atoms with Crippen LogP contribution in [0, 0.1) is 5.82 Å². The van der Waals surface area contributed by atoms with Gasteiger partial charge < -0.3 is 15.5 Å². The molecule has 1 rings (SSSR count). The molecule has 0 aliphatic rings. The van der Waals surface area contributed by atoms with Gasteiger partial charge in [0, 0.05) is 18.6 Å². The van der Waals surface area contributed by atoms with Crippen LogP contribution in [0.3, 0.4) is 0 Å². The van der Waals surface area contributed by atoms with Gasteiger partial charge >= 0.3 is 5.97 Å². The number of aliphatic hydroxyl groups is 1. The van der Waals surface area contributed by atoms with Crippen LogP contribution in [0.15, 0.2) is 24.3 Å². The van der Waals surface area contributed by atoms with Crippen molar-refractivity contribution in [1.82, 2.24) is 5.32 Å². The van der Waals surface area contributed by atoms with E-state index in [0.29, 0.717) is 0 Å². The zero-order chi connectivity index (χ0) is 12.8. The lowest BCUT2D eigenvalue weighted by molar-refractivity contribution is -0.139. The summed E-state index contributed by atoms with van der Waals surface area (Å²) in [7, 11) is 0. The number of amides is 1. The number of halogens is 1. The molecule has 3 N–H and O–H groups in total. The van der Waals surface area contributed by atoms with Crippen LogP contribution in [-0.2, 0) is 4.79 Å². The van der Waals surface area contributed by atoms with Gasteiger partial charge in [-0.05, 0) is 24.3 Å². The number of nitrogens with one attached hydrogen (secondary N) is 1. The molecule has 1 aromatic carbocycles. The largest absolute Gasteiger partial charge is 0.480 e. The number of carbonyl (C=O) groups is 2. The van der Waals surface area contributed by atoms with E-state index in [1.54, 1.807) is 0 Å². The standard InChI is InChI=1S/C11H12FNO4/c12-8-3-1-7(2-4-8)10(15)13-9(5-6-14)11(16)17/h1-4,9,14H,5-6H2,(H,13,15)(H,16,17). The minimum Gasteiger partial charge on any atom is -0.480 e. The first-order chi connectivity index (χ1) is 8.04. The highest BCUT2D eigenvalue weighted by molar-refractivity contribution is 5.96. The summed E-state index contributed by atoms with van der Waals surface area (Å²) in [6, 6.07) is 3.57. The molecule has 0 spiro atoms. The lowest BCUT2D eigenvalue weighted by atomic mass is 10.1. The molecule has 92 valence electrons. The molecule has 1 atom stereocenters. The van der Waals surface area contributed by atoms with Gasteiger partial charge in [0.2, 0.25) is 0 Å². The van der Waals surface area contributed by atoms with Crippen LogP contribution >= 0.6 is 0 Å². The first-order valence-corrected chi connectivity index (χ1v) is 4.94. The molecule has 0 saturated carbocycles. The van der Waals surface area contributed by atoms with Crippen molar-refractivity contribution in [2.24, 2.45) is 0 Å². The summed E-state index contributed by atoms with van der Waals surface area (Å²) >= 11 is 0. The zero-order valence-electron chi connectivity index (χ0n) is 8.89. The predicted octanol–water partition coefficient (Wildman–Crippen LogP) is 0.391. The molecule has 1 unspecified atom stereocenters. The second kappa shape index (κ2) is 5.95. The van der Waals surface area contributed by atoms with E-state index in [0.717, 1.165) is 12.1 Å². The Morgan fingerprint density at radius 3 is 2.35 bits per heavy atom. The van der Waals surface area contributed by atoms with E-state index < -0.39 is 23.7 Å². The minimum atomic E-state index is -1.23. The number of aliphatic hydroxyl groups excluding tert-OH is 1. The smallest absolute Gasteiger partial charge is 0.326 e. The Morgan fingerprint density at radius 2 is 1.88 bits per heavy atom. The average molecular weight is 241 g/mol. The average Bonchev–Trinajstić information content (AvgIpc) is 2.29. The molecular formula is C11H12FNO4. The third-order valence-corrected chi connectivity index (χ3v) is 2.13. The molecule has 1 amide bonds. The molecule has 0 saturated heterocycles. The lowest BCUT2D eigenvalue weighted by Gasteiger charge is -2.12. The molecule has 0 aromatic heterocycles. The van der Waals surface area contributed by atoms with Crippen molar-refractivity contribution in [2.45, 2.75) is 12.5 Å². The molecule has 0 radical (unpaired) electrons. The second-order valence-electron chi connectivity index (χ2n) is 3.38. The molecule has 6 heteroatoms. The Labute approximate surface area is 96.9 Å². The summed E-state index contributed by atoms with van der Waals surface area (Å²) in [4.78, 5) is 22.3. The highest BCUT2D eigenvalue weighted by Crippen LogP contribution is 2.03. The van der Waals surface area contributed by atoms with E-state index in [9.17, 15) is 14.0 Å². The minimum absolute atomic E-state index is 0.0811. The van der Waals surface area contributed by atoms with Crippen LogP contribution in [0.25, 0.3) is 0 Å². The Bertz CT molecular complexity index is 404. The summed E-state index contributed by atoms with van der Waals surface area (Å²) in [6.45, 7) is -0.347. The molecule has 0 fully saturated rings. The highest BCUT2D eigenvalue weighted by Gasteiger charge is 2.19. The SMILES string of the molecule is O=C(NC(CCO)C(=O)O)c1ccc(F)cc1. The van der Waals surface area contributed by atoms with Crippen molar-refractivity contribution in [2.75, 3.05) is 6.61 Å². The number of carboxylic acid groups (broad SMARTS) is 1. The molecule has 1 aromatic rings. The number of aliphatic carboxylic acids is 1. The molecule has 0 heterocycles. The first-order valence-electron chi connectivity index (χ1n) is 4.94. The van der Waals surface area contributed by atoms with E-state index in [-0.39, 0.29) is 18.6 Å². The summed E-state index contributed by atoms with van der Waals surface area (Å²) in [6.07, 6.45) is -0.0811. The van der Waals surface area contributed by atoms with Gasteiger partial charge in [0.1, 0.15) is 11.9 Å². The molecule has 5 nitrogen and oxygen atoms in total. The maximum atomic E-state index is 12.6. The number of carbonyl (C=O) groups excluding carboxylic acids is 1. The summed E-state index contributed by atoms with van der Waals surface area (Å²) < 4.78 is 12.6. The number of rotatable bonds is 5. The van der Waals surface area contributed by atoms with Crippen LogP contribution in [0.5, 0.6) is 0 Å². The normalized spacial score (nSPS) is 11.9. The van der Waals surface area contributed by atoms with Crippen LogP contribution < -0.4 is 5.32 Å². The van der Waals surface area contributed by atoms with E-state index in [2.05, 4.69) is 5.32 Å². The van der Waals surface area contributed by atoms with Crippen LogP contribution in [0.4, 0.5) is 4.39 Å². The van der Waals surface area contributed by atoms with Gasteiger partial charge in [-0.2, -0.15) is 0 Å². The maximum Gasteiger partial charge on any atom is 0.326 e. The summed E-state index contributed by atoms with van der Waals surface area (Å²) in [5.41, 5.74) is 0.163. The van der Waals surface area contributed by atoms with Crippen LogP contribution in [0.1, 0.15) is 16.8 Å². The lowest BCUT2D eigenvalue weighted by Crippen LogP contribution is -2.41. The Hall–Kier alpha value is -1.95. The fraction of sp³-hybridized carbons (Fsp3) is 0.273. The van der Waals surface area contributed by atoms with Crippen LogP contribution in [-0.4, -0.2) is 34.7 Å². The zero-order valence-corrected chi connectivity index (χ0v) is 8.89. The van der Waals surface area contributed by atoms with E-state index in [1.807, 2.05) is 0 Å². The maximum absolute atomic E-state index is 12.6. The second-order valence-corrected chi connectivity index (χ2v) is 3.38. The molecule has 0 aliphatic carbocycles. The quantitative estimate of drug-likeness (QED) is 0.696.